The SMILES string of the molecule is C=CC(C)(O)CCC1(O)C(C)CCC2C(C)(C)CCCC21C. The van der Waals surface area contributed by atoms with Gasteiger partial charge in [-0.3, -0.25) is 0 Å². The second-order valence-corrected chi connectivity index (χ2v) is 9.28. The van der Waals surface area contributed by atoms with E-state index in [2.05, 4.69) is 34.3 Å². The lowest BCUT2D eigenvalue weighted by molar-refractivity contribution is -0.215. The first kappa shape index (κ1) is 18.0. The molecule has 2 aliphatic carbocycles. The third-order valence-corrected chi connectivity index (χ3v) is 7.37. The van der Waals surface area contributed by atoms with Gasteiger partial charge in [0.2, 0.25) is 0 Å². The molecule has 5 unspecified atom stereocenters. The van der Waals surface area contributed by atoms with Crippen molar-refractivity contribution < 1.29 is 10.2 Å². The zero-order chi connectivity index (χ0) is 16.8. The average molecular weight is 309 g/mol. The first-order valence-electron chi connectivity index (χ1n) is 9.07. The molecule has 22 heavy (non-hydrogen) atoms. The Morgan fingerprint density at radius 2 is 1.86 bits per heavy atom. The van der Waals surface area contributed by atoms with Gasteiger partial charge in [0.25, 0.3) is 0 Å². The van der Waals surface area contributed by atoms with Crippen LogP contribution in [0.15, 0.2) is 12.7 Å². The summed E-state index contributed by atoms with van der Waals surface area (Å²) in [6.07, 6.45) is 8.75. The number of rotatable bonds is 4. The first-order chi connectivity index (χ1) is 9.98. The Labute approximate surface area is 137 Å². The molecule has 2 N–H and O–H groups in total. The predicted octanol–water partition coefficient (Wildman–Crippen LogP) is 4.70. The lowest BCUT2D eigenvalue weighted by atomic mass is 9.44. The second kappa shape index (κ2) is 5.63. The molecule has 0 aromatic rings. The van der Waals surface area contributed by atoms with Gasteiger partial charge in [0.15, 0.2) is 0 Å². The van der Waals surface area contributed by atoms with Crippen LogP contribution in [0.1, 0.15) is 79.6 Å². The van der Waals surface area contributed by atoms with E-state index in [0.717, 1.165) is 12.8 Å². The highest BCUT2D eigenvalue weighted by molar-refractivity contribution is 5.11. The van der Waals surface area contributed by atoms with Crippen LogP contribution in [0.4, 0.5) is 0 Å². The smallest absolute Gasteiger partial charge is 0.0798 e. The third kappa shape index (κ3) is 2.78. The Morgan fingerprint density at radius 1 is 1.23 bits per heavy atom. The topological polar surface area (TPSA) is 40.5 Å². The van der Waals surface area contributed by atoms with Crippen LogP contribution >= 0.6 is 0 Å². The summed E-state index contributed by atoms with van der Waals surface area (Å²) in [5.41, 5.74) is -1.30. The Bertz CT molecular complexity index is 425. The van der Waals surface area contributed by atoms with E-state index in [-0.39, 0.29) is 5.41 Å². The van der Waals surface area contributed by atoms with Crippen molar-refractivity contribution in [1.29, 1.82) is 0 Å². The van der Waals surface area contributed by atoms with Gasteiger partial charge in [-0.2, -0.15) is 0 Å². The second-order valence-electron chi connectivity index (χ2n) is 9.28. The van der Waals surface area contributed by atoms with Crippen LogP contribution in [0.3, 0.4) is 0 Å². The van der Waals surface area contributed by atoms with Crippen molar-refractivity contribution in [1.82, 2.24) is 0 Å². The molecule has 0 heterocycles. The van der Waals surface area contributed by atoms with Crippen LogP contribution < -0.4 is 0 Å². The van der Waals surface area contributed by atoms with Crippen LogP contribution in [-0.2, 0) is 0 Å². The molecule has 0 spiro atoms. The molecule has 2 rings (SSSR count). The molecule has 0 bridgehead atoms. The summed E-state index contributed by atoms with van der Waals surface area (Å²) in [5, 5.41) is 22.0. The fraction of sp³-hybridized carbons (Fsp3) is 0.900. The fourth-order valence-corrected chi connectivity index (χ4v) is 5.65. The molecule has 0 radical (unpaired) electrons. The summed E-state index contributed by atoms with van der Waals surface area (Å²) in [7, 11) is 0. The van der Waals surface area contributed by atoms with Crippen LogP contribution in [0.5, 0.6) is 0 Å². The highest BCUT2D eigenvalue weighted by Crippen LogP contribution is 2.63. The van der Waals surface area contributed by atoms with E-state index >= 15 is 0 Å². The maximum atomic E-state index is 11.7. The van der Waals surface area contributed by atoms with Gasteiger partial charge in [0.1, 0.15) is 0 Å². The van der Waals surface area contributed by atoms with Gasteiger partial charge in [-0.15, -0.1) is 6.58 Å². The summed E-state index contributed by atoms with van der Waals surface area (Å²) in [6.45, 7) is 14.8. The Morgan fingerprint density at radius 3 is 2.45 bits per heavy atom. The third-order valence-electron chi connectivity index (χ3n) is 7.37. The molecule has 0 aromatic heterocycles. The normalized spacial score (nSPS) is 44.0. The summed E-state index contributed by atoms with van der Waals surface area (Å²) in [4.78, 5) is 0. The molecule has 2 saturated carbocycles. The van der Waals surface area contributed by atoms with Crippen LogP contribution in [0, 0.1) is 22.7 Å². The minimum atomic E-state index is -0.886. The van der Waals surface area contributed by atoms with Crippen LogP contribution in [-0.4, -0.2) is 21.4 Å². The van der Waals surface area contributed by atoms with Crippen molar-refractivity contribution in [2.24, 2.45) is 22.7 Å². The summed E-state index contributed by atoms with van der Waals surface area (Å²) in [6, 6.07) is 0. The zero-order valence-corrected chi connectivity index (χ0v) is 15.3. The summed E-state index contributed by atoms with van der Waals surface area (Å²) < 4.78 is 0. The first-order valence-corrected chi connectivity index (χ1v) is 9.07. The molecule has 2 fully saturated rings. The number of aliphatic hydroxyl groups is 2. The maximum Gasteiger partial charge on any atom is 0.0798 e. The number of hydrogen-bond donors (Lipinski definition) is 2. The van der Waals surface area contributed by atoms with Crippen molar-refractivity contribution in [3.8, 4) is 0 Å². The standard InChI is InChI=1S/C20H36O2/c1-7-18(5,21)13-14-20(22)15(2)9-10-16-17(3,4)11-8-12-19(16,20)6/h7,15-16,21-22H,1,8-14H2,2-6H3. The molecular formula is C20H36O2. The minimum Gasteiger partial charge on any atom is -0.389 e. The van der Waals surface area contributed by atoms with Gasteiger partial charge in [-0.1, -0.05) is 40.2 Å². The van der Waals surface area contributed by atoms with E-state index in [1.54, 1.807) is 13.0 Å². The molecule has 2 nitrogen and oxygen atoms in total. The van der Waals surface area contributed by atoms with E-state index in [1.165, 1.54) is 19.3 Å². The lowest BCUT2D eigenvalue weighted by Gasteiger charge is -2.63. The maximum absolute atomic E-state index is 11.7. The molecule has 5 atom stereocenters. The monoisotopic (exact) mass is 308 g/mol. The highest BCUT2D eigenvalue weighted by atomic mass is 16.3. The van der Waals surface area contributed by atoms with Crippen molar-refractivity contribution in [2.45, 2.75) is 90.8 Å². The zero-order valence-electron chi connectivity index (χ0n) is 15.3. The van der Waals surface area contributed by atoms with Crippen molar-refractivity contribution >= 4 is 0 Å². The molecule has 0 aliphatic heterocycles. The highest BCUT2D eigenvalue weighted by Gasteiger charge is 2.61. The van der Waals surface area contributed by atoms with E-state index in [4.69, 9.17) is 0 Å². The predicted molar refractivity (Wildman–Crippen MR) is 92.6 cm³/mol. The quantitative estimate of drug-likeness (QED) is 0.739. The van der Waals surface area contributed by atoms with Crippen LogP contribution in [0.2, 0.25) is 0 Å². The van der Waals surface area contributed by atoms with E-state index in [9.17, 15) is 10.2 Å². The van der Waals surface area contributed by atoms with Crippen molar-refractivity contribution in [3.63, 3.8) is 0 Å². The summed E-state index contributed by atoms with van der Waals surface area (Å²) in [5.74, 6) is 0.867. The Balaban J connectivity index is 2.32. The number of hydrogen-bond acceptors (Lipinski definition) is 2. The van der Waals surface area contributed by atoms with Crippen molar-refractivity contribution in [3.05, 3.63) is 12.7 Å². The molecular weight excluding hydrogens is 272 g/mol. The van der Waals surface area contributed by atoms with E-state index in [1.807, 2.05) is 0 Å². The molecule has 0 amide bonds. The van der Waals surface area contributed by atoms with Gasteiger partial charge >= 0.3 is 0 Å². The molecule has 2 heteroatoms. The van der Waals surface area contributed by atoms with Gasteiger partial charge in [-0.05, 0) is 68.1 Å². The molecule has 2 aliphatic rings. The van der Waals surface area contributed by atoms with Crippen molar-refractivity contribution in [2.75, 3.05) is 0 Å². The van der Waals surface area contributed by atoms with Gasteiger partial charge in [-0.25, -0.2) is 0 Å². The van der Waals surface area contributed by atoms with Gasteiger partial charge < -0.3 is 10.2 Å². The van der Waals surface area contributed by atoms with E-state index < -0.39 is 11.2 Å². The molecule has 0 aromatic carbocycles. The van der Waals surface area contributed by atoms with E-state index in [0.29, 0.717) is 30.1 Å². The van der Waals surface area contributed by atoms with Gasteiger partial charge in [0.05, 0.1) is 11.2 Å². The molecule has 0 saturated heterocycles. The lowest BCUT2D eigenvalue weighted by Crippen LogP contribution is -2.62. The van der Waals surface area contributed by atoms with Crippen LogP contribution in [0.25, 0.3) is 0 Å². The fourth-order valence-electron chi connectivity index (χ4n) is 5.65. The molecule has 128 valence electrons. The average Bonchev–Trinajstić information content (AvgIpc) is 2.42. The van der Waals surface area contributed by atoms with Gasteiger partial charge in [0, 0.05) is 0 Å². The number of fused-ring (bicyclic) bond motifs is 1. The largest absolute Gasteiger partial charge is 0.389 e. The summed E-state index contributed by atoms with van der Waals surface area (Å²) >= 11 is 0. The Hall–Kier alpha value is -0.340. The minimum absolute atomic E-state index is 0.0380. The Kier molecular flexibility index (Phi) is 4.61.